The van der Waals surface area contributed by atoms with Crippen molar-refractivity contribution in [1.82, 2.24) is 0 Å². The first-order valence-electron chi connectivity index (χ1n) is 8.53. The summed E-state index contributed by atoms with van der Waals surface area (Å²) in [5, 5.41) is 0. The summed E-state index contributed by atoms with van der Waals surface area (Å²) in [4.78, 5) is 4.51. The van der Waals surface area contributed by atoms with Crippen molar-refractivity contribution in [2.75, 3.05) is 13.1 Å². The maximum absolute atomic E-state index is 5.99. The highest BCUT2D eigenvalue weighted by atomic mass is 14.8. The molecule has 2 atom stereocenters. The molecule has 0 saturated heterocycles. The number of nitrogens with zero attached hydrogens (tertiary/aromatic N) is 1. The normalized spacial score (nSPS) is 15.7. The quantitative estimate of drug-likeness (QED) is 0.425. The molecule has 0 heterocycles. The van der Waals surface area contributed by atoms with E-state index in [1.165, 1.54) is 0 Å². The van der Waals surface area contributed by atoms with Crippen molar-refractivity contribution in [2.24, 2.45) is 34.0 Å². The molecule has 132 valence electrons. The van der Waals surface area contributed by atoms with Crippen LogP contribution in [0.5, 0.6) is 0 Å². The molecule has 0 rings (SSSR count). The second-order valence-corrected chi connectivity index (χ2v) is 6.56. The van der Waals surface area contributed by atoms with Crippen molar-refractivity contribution >= 4 is 5.71 Å². The van der Waals surface area contributed by atoms with Gasteiger partial charge in [-0.05, 0) is 57.6 Å². The molecule has 0 aromatic heterocycles. The molecule has 0 aliphatic rings. The van der Waals surface area contributed by atoms with Gasteiger partial charge in [-0.3, -0.25) is 4.99 Å². The molecule has 6 N–H and O–H groups in total. The zero-order chi connectivity index (χ0) is 18.0. The monoisotopic (exact) mass is 320 g/mol. The average Bonchev–Trinajstić information content (AvgIpc) is 2.47. The number of allylic oxidation sites excluding steroid dienone is 3. The molecule has 0 radical (unpaired) electrons. The van der Waals surface area contributed by atoms with E-state index < -0.39 is 0 Å². The van der Waals surface area contributed by atoms with Crippen molar-refractivity contribution in [2.45, 2.75) is 53.9 Å². The van der Waals surface area contributed by atoms with Gasteiger partial charge in [0.2, 0.25) is 0 Å². The highest BCUT2D eigenvalue weighted by Crippen LogP contribution is 2.23. The summed E-state index contributed by atoms with van der Waals surface area (Å²) in [6.07, 6.45) is 5.41. The average molecular weight is 321 g/mol. The minimum absolute atomic E-state index is 0.433. The van der Waals surface area contributed by atoms with Gasteiger partial charge in [-0.1, -0.05) is 32.9 Å². The molecule has 0 aliphatic carbocycles. The maximum atomic E-state index is 5.99. The van der Waals surface area contributed by atoms with Crippen LogP contribution in [0.1, 0.15) is 53.9 Å². The van der Waals surface area contributed by atoms with Crippen LogP contribution in [0, 0.1) is 11.8 Å². The summed E-state index contributed by atoms with van der Waals surface area (Å²) in [6.45, 7) is 15.4. The Balaban J connectivity index is 5.29. The lowest BCUT2D eigenvalue weighted by Crippen LogP contribution is -2.16. The molecular weight excluding hydrogens is 284 g/mol. The number of hydrogen-bond acceptors (Lipinski definition) is 4. The molecule has 0 saturated carbocycles. The van der Waals surface area contributed by atoms with E-state index >= 15 is 0 Å². The zero-order valence-electron chi connectivity index (χ0n) is 15.7. The van der Waals surface area contributed by atoms with E-state index in [4.69, 9.17) is 17.2 Å². The first-order valence-corrected chi connectivity index (χ1v) is 8.53. The standard InChI is InChI=1S/C19H36N4/c1-7-17(11-20)10-14(4)8-9-18(12-21)19(15(5)22)16(6)23-13(2)3/h9,14,17H,5,7-8,10-12,20-22H2,1-4,6H3/b18-9-,19-16+. The molecule has 4 nitrogen and oxygen atoms in total. The van der Waals surface area contributed by atoms with Gasteiger partial charge >= 0.3 is 0 Å². The fraction of sp³-hybridized carbons (Fsp3) is 0.632. The molecule has 2 unspecified atom stereocenters. The first-order chi connectivity index (χ1) is 10.8. The Morgan fingerprint density at radius 1 is 1.22 bits per heavy atom. The molecule has 0 aromatic carbocycles. The number of aliphatic imine (C=N–C) groups is 1. The fourth-order valence-electron chi connectivity index (χ4n) is 2.79. The van der Waals surface area contributed by atoms with Crippen LogP contribution >= 0.6 is 0 Å². The van der Waals surface area contributed by atoms with Crippen LogP contribution in [-0.2, 0) is 0 Å². The van der Waals surface area contributed by atoms with E-state index in [9.17, 15) is 0 Å². The maximum Gasteiger partial charge on any atom is 0.0467 e. The molecule has 0 fully saturated rings. The number of hydrogen-bond donors (Lipinski definition) is 3. The summed E-state index contributed by atoms with van der Waals surface area (Å²) in [5.74, 6) is 1.15. The van der Waals surface area contributed by atoms with E-state index in [1.54, 1.807) is 0 Å². The Morgan fingerprint density at radius 2 is 1.83 bits per heavy atom. The second-order valence-electron chi connectivity index (χ2n) is 6.56. The van der Waals surface area contributed by atoms with Crippen LogP contribution in [-0.4, -0.2) is 18.8 Å². The number of rotatable bonds is 10. The topological polar surface area (TPSA) is 90.4 Å². The first kappa shape index (κ1) is 21.6. The van der Waals surface area contributed by atoms with Crippen LogP contribution < -0.4 is 17.2 Å². The molecule has 23 heavy (non-hydrogen) atoms. The van der Waals surface area contributed by atoms with Crippen LogP contribution in [0.2, 0.25) is 0 Å². The van der Waals surface area contributed by atoms with E-state index in [-0.39, 0.29) is 0 Å². The van der Waals surface area contributed by atoms with Gasteiger partial charge in [0.1, 0.15) is 0 Å². The van der Waals surface area contributed by atoms with Crippen LogP contribution in [0.3, 0.4) is 0 Å². The van der Waals surface area contributed by atoms with Gasteiger partial charge in [0.15, 0.2) is 0 Å². The summed E-state index contributed by atoms with van der Waals surface area (Å²) >= 11 is 0. The van der Waals surface area contributed by atoms with Gasteiger partial charge in [-0.15, -0.1) is 0 Å². The van der Waals surface area contributed by atoms with Crippen LogP contribution in [0.15, 0.2) is 40.2 Å². The molecule has 0 amide bonds. The molecule has 0 aliphatic heterocycles. The zero-order valence-corrected chi connectivity index (χ0v) is 15.7. The SMILES string of the molecule is C=C(N)C(=C(/C)N=C(C)C)/C(=C\CC(C)CC(CC)CN)CN. The van der Waals surface area contributed by atoms with E-state index in [0.717, 1.165) is 48.4 Å². The highest BCUT2D eigenvalue weighted by molar-refractivity contribution is 5.80. The van der Waals surface area contributed by atoms with E-state index in [0.29, 0.717) is 24.1 Å². The van der Waals surface area contributed by atoms with Gasteiger partial charge < -0.3 is 17.2 Å². The predicted molar refractivity (Wildman–Crippen MR) is 103 cm³/mol. The Labute approximate surface area is 142 Å². The number of nitrogens with two attached hydrogens (primary N) is 3. The minimum atomic E-state index is 0.433. The van der Waals surface area contributed by atoms with Gasteiger partial charge in [-0.2, -0.15) is 0 Å². The summed E-state index contributed by atoms with van der Waals surface area (Å²) in [7, 11) is 0. The Bertz CT molecular complexity index is 464. The molecule has 0 bridgehead atoms. The van der Waals surface area contributed by atoms with Crippen molar-refractivity contribution in [1.29, 1.82) is 0 Å². The van der Waals surface area contributed by atoms with Gasteiger partial charge in [0.05, 0.1) is 0 Å². The van der Waals surface area contributed by atoms with Gasteiger partial charge in [0, 0.05) is 29.2 Å². The Kier molecular flexibility index (Phi) is 10.5. The van der Waals surface area contributed by atoms with Crippen molar-refractivity contribution < 1.29 is 0 Å². The Hall–Kier alpha value is -1.39. The van der Waals surface area contributed by atoms with E-state index in [1.807, 2.05) is 20.8 Å². The molecule has 0 spiro atoms. The Morgan fingerprint density at radius 3 is 2.22 bits per heavy atom. The lowest BCUT2D eigenvalue weighted by Gasteiger charge is -2.18. The molecule has 0 aromatic rings. The summed E-state index contributed by atoms with van der Waals surface area (Å²) in [5.41, 5.74) is 22.0. The lowest BCUT2D eigenvalue weighted by molar-refractivity contribution is 0.389. The minimum Gasteiger partial charge on any atom is -0.399 e. The van der Waals surface area contributed by atoms with Gasteiger partial charge in [0.25, 0.3) is 0 Å². The second kappa shape index (κ2) is 11.2. The third kappa shape index (κ3) is 8.14. The van der Waals surface area contributed by atoms with Crippen molar-refractivity contribution in [3.05, 3.63) is 35.2 Å². The highest BCUT2D eigenvalue weighted by Gasteiger charge is 2.12. The largest absolute Gasteiger partial charge is 0.399 e. The third-order valence-electron chi connectivity index (χ3n) is 4.03. The van der Waals surface area contributed by atoms with Crippen LogP contribution in [0.25, 0.3) is 0 Å². The lowest BCUT2D eigenvalue weighted by atomic mass is 9.90. The predicted octanol–water partition coefficient (Wildman–Crippen LogP) is 3.50. The van der Waals surface area contributed by atoms with Crippen molar-refractivity contribution in [3.63, 3.8) is 0 Å². The summed E-state index contributed by atoms with van der Waals surface area (Å²) < 4.78 is 0. The summed E-state index contributed by atoms with van der Waals surface area (Å²) in [6, 6.07) is 0. The van der Waals surface area contributed by atoms with Crippen LogP contribution in [0.4, 0.5) is 0 Å². The smallest absolute Gasteiger partial charge is 0.0467 e. The van der Waals surface area contributed by atoms with Gasteiger partial charge in [-0.25, -0.2) is 0 Å². The molecular formula is C19H36N4. The van der Waals surface area contributed by atoms with E-state index in [2.05, 4.69) is 31.5 Å². The third-order valence-corrected chi connectivity index (χ3v) is 4.03. The fourth-order valence-corrected chi connectivity index (χ4v) is 2.79. The molecule has 4 heteroatoms. The van der Waals surface area contributed by atoms with Crippen molar-refractivity contribution in [3.8, 4) is 0 Å².